The van der Waals surface area contributed by atoms with Gasteiger partial charge in [0, 0.05) is 6.61 Å². The van der Waals surface area contributed by atoms with Gasteiger partial charge in [-0.25, -0.2) is 4.98 Å². The third-order valence-corrected chi connectivity index (χ3v) is 4.24. The predicted molar refractivity (Wildman–Crippen MR) is 80.3 cm³/mol. The van der Waals surface area contributed by atoms with E-state index in [0.29, 0.717) is 5.16 Å². The van der Waals surface area contributed by atoms with Gasteiger partial charge in [0.05, 0.1) is 18.1 Å². The van der Waals surface area contributed by atoms with E-state index in [1.807, 2.05) is 13.0 Å². The van der Waals surface area contributed by atoms with Crippen LogP contribution in [0.25, 0.3) is 0 Å². The molecule has 1 fully saturated rings. The van der Waals surface area contributed by atoms with E-state index >= 15 is 0 Å². The quantitative estimate of drug-likeness (QED) is 0.792. The molecule has 0 spiro atoms. The van der Waals surface area contributed by atoms with Crippen LogP contribution < -0.4 is 5.32 Å². The van der Waals surface area contributed by atoms with Crippen LogP contribution in [0.2, 0.25) is 0 Å². The Labute approximate surface area is 132 Å². The summed E-state index contributed by atoms with van der Waals surface area (Å²) in [7, 11) is 0. The zero-order valence-electron chi connectivity index (χ0n) is 12.2. The van der Waals surface area contributed by atoms with Gasteiger partial charge in [-0.2, -0.15) is 0 Å². The molecule has 1 aliphatic heterocycles. The highest BCUT2D eigenvalue weighted by molar-refractivity contribution is 7.99. The minimum absolute atomic E-state index is 0.00894. The first-order valence-corrected chi connectivity index (χ1v) is 8.20. The van der Waals surface area contributed by atoms with Crippen LogP contribution in [0.3, 0.4) is 0 Å². The van der Waals surface area contributed by atoms with Gasteiger partial charge < -0.3 is 14.5 Å². The van der Waals surface area contributed by atoms with E-state index in [-0.39, 0.29) is 23.8 Å². The highest BCUT2D eigenvalue weighted by Crippen LogP contribution is 2.26. The number of furan rings is 1. The molecule has 0 bridgehead atoms. The SMILES string of the molecule is C[C@H](NC(=O)CSc1n[nH]c([C@@H]2CCCO2)n1)c1ccco1. The highest BCUT2D eigenvalue weighted by Gasteiger charge is 2.21. The van der Waals surface area contributed by atoms with Crippen LogP contribution >= 0.6 is 11.8 Å². The molecule has 0 radical (unpaired) electrons. The van der Waals surface area contributed by atoms with E-state index in [0.717, 1.165) is 31.0 Å². The van der Waals surface area contributed by atoms with Crippen molar-refractivity contribution in [3.8, 4) is 0 Å². The van der Waals surface area contributed by atoms with Crippen molar-refractivity contribution in [3.63, 3.8) is 0 Å². The number of hydrogen-bond donors (Lipinski definition) is 2. The molecule has 8 heteroatoms. The highest BCUT2D eigenvalue weighted by atomic mass is 32.2. The lowest BCUT2D eigenvalue weighted by molar-refractivity contribution is -0.119. The molecule has 2 N–H and O–H groups in total. The Hall–Kier alpha value is -1.80. The second kappa shape index (κ2) is 6.97. The fraction of sp³-hybridized carbons (Fsp3) is 0.500. The Morgan fingerprint density at radius 1 is 1.64 bits per heavy atom. The normalized spacial score (nSPS) is 19.2. The molecule has 1 amide bonds. The van der Waals surface area contributed by atoms with E-state index in [9.17, 15) is 4.79 Å². The number of H-pyrrole nitrogens is 1. The van der Waals surface area contributed by atoms with Crippen molar-refractivity contribution < 1.29 is 13.9 Å². The Morgan fingerprint density at radius 3 is 3.27 bits per heavy atom. The van der Waals surface area contributed by atoms with Crippen LogP contribution in [0.4, 0.5) is 0 Å². The van der Waals surface area contributed by atoms with E-state index in [1.54, 1.807) is 12.3 Å². The second-order valence-electron chi connectivity index (χ2n) is 5.10. The summed E-state index contributed by atoms with van der Waals surface area (Å²) in [5, 5.41) is 10.4. The monoisotopic (exact) mass is 322 g/mol. The zero-order chi connectivity index (χ0) is 15.4. The van der Waals surface area contributed by atoms with E-state index in [2.05, 4.69) is 20.5 Å². The summed E-state index contributed by atoms with van der Waals surface area (Å²) >= 11 is 1.30. The van der Waals surface area contributed by atoms with Crippen molar-refractivity contribution in [3.05, 3.63) is 30.0 Å². The maximum Gasteiger partial charge on any atom is 0.231 e. The fourth-order valence-electron chi connectivity index (χ4n) is 2.28. The average Bonchev–Trinajstić information content (AvgIpc) is 3.25. The number of amides is 1. The molecule has 2 aromatic heterocycles. The molecular formula is C14H18N4O3S. The van der Waals surface area contributed by atoms with Crippen LogP contribution in [-0.4, -0.2) is 33.4 Å². The van der Waals surface area contributed by atoms with E-state index in [1.165, 1.54) is 11.8 Å². The van der Waals surface area contributed by atoms with Crippen molar-refractivity contribution in [1.29, 1.82) is 0 Å². The van der Waals surface area contributed by atoms with Gasteiger partial charge in [-0.05, 0) is 31.9 Å². The van der Waals surface area contributed by atoms with Gasteiger partial charge in [0.15, 0.2) is 5.82 Å². The second-order valence-corrected chi connectivity index (χ2v) is 6.04. The van der Waals surface area contributed by atoms with Crippen LogP contribution in [0.1, 0.15) is 43.5 Å². The molecule has 0 aromatic carbocycles. The summed E-state index contributed by atoms with van der Waals surface area (Å²) in [4.78, 5) is 16.3. The van der Waals surface area contributed by atoms with Gasteiger partial charge in [0.2, 0.25) is 11.1 Å². The van der Waals surface area contributed by atoms with Crippen LogP contribution in [-0.2, 0) is 9.53 Å². The molecule has 1 saturated heterocycles. The number of ether oxygens (including phenoxy) is 1. The smallest absolute Gasteiger partial charge is 0.231 e. The van der Waals surface area contributed by atoms with Crippen LogP contribution in [0, 0.1) is 0 Å². The van der Waals surface area contributed by atoms with Gasteiger partial charge in [-0.15, -0.1) is 5.10 Å². The molecule has 1 aliphatic rings. The molecule has 22 heavy (non-hydrogen) atoms. The number of carbonyl (C=O) groups excluding carboxylic acids is 1. The van der Waals surface area contributed by atoms with Crippen molar-refractivity contribution in [2.75, 3.05) is 12.4 Å². The summed E-state index contributed by atoms with van der Waals surface area (Å²) in [6.07, 6.45) is 3.60. The summed E-state index contributed by atoms with van der Waals surface area (Å²) in [5.74, 6) is 1.65. The number of carbonyl (C=O) groups is 1. The molecule has 2 aromatic rings. The molecular weight excluding hydrogens is 304 g/mol. The molecule has 3 rings (SSSR count). The third-order valence-electron chi connectivity index (χ3n) is 3.40. The molecule has 118 valence electrons. The van der Waals surface area contributed by atoms with Gasteiger partial charge in [-0.1, -0.05) is 11.8 Å². The number of hydrogen-bond acceptors (Lipinski definition) is 6. The Kier molecular flexibility index (Phi) is 4.79. The van der Waals surface area contributed by atoms with E-state index in [4.69, 9.17) is 9.15 Å². The van der Waals surface area contributed by atoms with Crippen LogP contribution in [0.15, 0.2) is 28.0 Å². The summed E-state index contributed by atoms with van der Waals surface area (Å²) < 4.78 is 10.8. The predicted octanol–water partition coefficient (Wildman–Crippen LogP) is 2.22. The largest absolute Gasteiger partial charge is 0.467 e. The lowest BCUT2D eigenvalue weighted by Gasteiger charge is -2.10. The lowest BCUT2D eigenvalue weighted by Crippen LogP contribution is -2.27. The molecule has 0 saturated carbocycles. The standard InChI is InChI=1S/C14H18N4O3S/c1-9(10-4-2-6-20-10)15-12(19)8-22-14-16-13(17-18-14)11-5-3-7-21-11/h2,4,6,9,11H,3,5,7-8H2,1H3,(H,15,19)(H,16,17,18)/t9-,11-/m0/s1. The Morgan fingerprint density at radius 2 is 2.55 bits per heavy atom. The first kappa shape index (κ1) is 15.1. The molecule has 0 aliphatic carbocycles. The molecule has 3 heterocycles. The van der Waals surface area contributed by atoms with E-state index < -0.39 is 0 Å². The number of aromatic amines is 1. The molecule has 7 nitrogen and oxygen atoms in total. The average molecular weight is 322 g/mol. The lowest BCUT2D eigenvalue weighted by atomic mass is 10.2. The van der Waals surface area contributed by atoms with Crippen molar-refractivity contribution in [2.45, 2.75) is 37.1 Å². The summed E-state index contributed by atoms with van der Waals surface area (Å²) in [5.41, 5.74) is 0. The Bertz CT molecular complexity index is 607. The minimum atomic E-state index is -0.155. The number of nitrogens with one attached hydrogen (secondary N) is 2. The summed E-state index contributed by atoms with van der Waals surface area (Å²) in [6.45, 7) is 2.64. The molecule has 0 unspecified atom stereocenters. The van der Waals surface area contributed by atoms with Gasteiger partial charge >= 0.3 is 0 Å². The maximum atomic E-state index is 11.9. The van der Waals surface area contributed by atoms with Crippen molar-refractivity contribution >= 4 is 17.7 Å². The summed E-state index contributed by atoms with van der Waals surface area (Å²) in [6, 6.07) is 3.48. The van der Waals surface area contributed by atoms with Crippen molar-refractivity contribution in [1.82, 2.24) is 20.5 Å². The third kappa shape index (κ3) is 3.69. The molecule has 2 atom stereocenters. The Balaban J connectivity index is 1.46. The number of thioether (sulfide) groups is 1. The number of rotatable bonds is 6. The van der Waals surface area contributed by atoms with Crippen molar-refractivity contribution in [2.24, 2.45) is 0 Å². The van der Waals surface area contributed by atoms with Crippen LogP contribution in [0.5, 0.6) is 0 Å². The first-order valence-electron chi connectivity index (χ1n) is 7.22. The zero-order valence-corrected chi connectivity index (χ0v) is 13.1. The fourth-order valence-corrected chi connectivity index (χ4v) is 2.90. The first-order chi connectivity index (χ1) is 10.7. The minimum Gasteiger partial charge on any atom is -0.467 e. The maximum absolute atomic E-state index is 11.9. The van der Waals surface area contributed by atoms with Gasteiger partial charge in [-0.3, -0.25) is 9.89 Å². The van der Waals surface area contributed by atoms with Gasteiger partial charge in [0.1, 0.15) is 11.9 Å². The number of aromatic nitrogens is 3. The number of nitrogens with zero attached hydrogens (tertiary/aromatic N) is 2. The van der Waals surface area contributed by atoms with Gasteiger partial charge in [0.25, 0.3) is 0 Å². The topological polar surface area (TPSA) is 93.0 Å².